The van der Waals surface area contributed by atoms with Crippen molar-refractivity contribution in [3.8, 4) is 11.1 Å². The molecule has 2 aromatic carbocycles. The van der Waals surface area contributed by atoms with E-state index in [2.05, 4.69) is 50.2 Å². The van der Waals surface area contributed by atoms with Gasteiger partial charge < -0.3 is 0 Å². The van der Waals surface area contributed by atoms with Crippen LogP contribution in [0.25, 0.3) is 11.1 Å². The highest BCUT2D eigenvalue weighted by molar-refractivity contribution is 5.78. The summed E-state index contributed by atoms with van der Waals surface area (Å²) in [7, 11) is 0. The summed E-state index contributed by atoms with van der Waals surface area (Å²) < 4.78 is 0. The number of fused-ring (bicyclic) bond motifs is 3. The van der Waals surface area contributed by atoms with E-state index in [1.165, 1.54) is 27.8 Å². The van der Waals surface area contributed by atoms with Crippen molar-refractivity contribution in [2.75, 3.05) is 0 Å². The van der Waals surface area contributed by atoms with Crippen LogP contribution in [0, 0.1) is 0 Å². The van der Waals surface area contributed by atoms with Crippen LogP contribution in [0.15, 0.2) is 36.4 Å². The van der Waals surface area contributed by atoms with Crippen LogP contribution in [0.2, 0.25) is 0 Å². The molecule has 3 rings (SSSR count). The van der Waals surface area contributed by atoms with Crippen LogP contribution in [0.1, 0.15) is 36.1 Å². The molecule has 0 aliphatic heterocycles. The number of rotatable bonds is 2. The molecule has 0 saturated carbocycles. The van der Waals surface area contributed by atoms with Crippen molar-refractivity contribution in [1.29, 1.82) is 0 Å². The molecule has 1 aliphatic rings. The summed E-state index contributed by atoms with van der Waals surface area (Å²) >= 11 is 0. The lowest BCUT2D eigenvalue weighted by Gasteiger charge is -2.05. The van der Waals surface area contributed by atoms with Crippen LogP contribution in [0.5, 0.6) is 0 Å². The smallest absolute Gasteiger partial charge is 0.00106 e. The number of hydrogen-bond donors (Lipinski definition) is 0. The highest BCUT2D eigenvalue weighted by Gasteiger charge is 2.20. The molecule has 0 aromatic heterocycles. The zero-order chi connectivity index (χ0) is 11.8. The summed E-state index contributed by atoms with van der Waals surface area (Å²) in [6, 6.07) is 13.7. The lowest BCUT2D eigenvalue weighted by Crippen LogP contribution is -1.89. The minimum Gasteiger partial charge on any atom is -0.0614 e. The maximum atomic E-state index is 2.38. The van der Waals surface area contributed by atoms with Gasteiger partial charge in [0.15, 0.2) is 0 Å². The fourth-order valence-electron chi connectivity index (χ4n) is 2.89. The average molecular weight is 222 g/mol. The largest absolute Gasteiger partial charge is 0.0614 e. The van der Waals surface area contributed by atoms with E-state index in [4.69, 9.17) is 0 Å². The van der Waals surface area contributed by atoms with E-state index >= 15 is 0 Å². The van der Waals surface area contributed by atoms with Crippen molar-refractivity contribution in [2.24, 2.45) is 0 Å². The predicted molar refractivity (Wildman–Crippen MR) is 73.4 cm³/mol. The van der Waals surface area contributed by atoms with E-state index in [1.54, 1.807) is 5.56 Å². The molecule has 17 heavy (non-hydrogen) atoms. The molecule has 0 unspecified atom stereocenters. The molecular formula is C17H18. The standard InChI is InChI=1S/C17H18/c1-3-12-8-9-15-14(10-12)11-17-13(4-2)6-5-7-16(15)17/h5-10H,3-4,11H2,1-2H3. The third kappa shape index (κ3) is 1.59. The molecule has 0 saturated heterocycles. The summed E-state index contributed by atoms with van der Waals surface area (Å²) in [6.07, 6.45) is 3.39. The zero-order valence-corrected chi connectivity index (χ0v) is 10.6. The van der Waals surface area contributed by atoms with Crippen molar-refractivity contribution in [3.63, 3.8) is 0 Å². The monoisotopic (exact) mass is 222 g/mol. The highest BCUT2D eigenvalue weighted by Crippen LogP contribution is 2.38. The van der Waals surface area contributed by atoms with E-state index < -0.39 is 0 Å². The van der Waals surface area contributed by atoms with Gasteiger partial charge in [-0.15, -0.1) is 0 Å². The van der Waals surface area contributed by atoms with E-state index in [-0.39, 0.29) is 0 Å². The van der Waals surface area contributed by atoms with E-state index in [9.17, 15) is 0 Å². The first-order valence-corrected chi connectivity index (χ1v) is 6.56. The highest BCUT2D eigenvalue weighted by atomic mass is 14.2. The van der Waals surface area contributed by atoms with Gasteiger partial charge in [-0.3, -0.25) is 0 Å². The van der Waals surface area contributed by atoms with E-state index in [1.807, 2.05) is 0 Å². The van der Waals surface area contributed by atoms with Gasteiger partial charge in [-0.25, -0.2) is 0 Å². The Kier molecular flexibility index (Phi) is 2.51. The van der Waals surface area contributed by atoms with Gasteiger partial charge in [-0.1, -0.05) is 50.2 Å². The lowest BCUT2D eigenvalue weighted by molar-refractivity contribution is 1.08. The molecule has 2 aromatic rings. The molecule has 0 nitrogen and oxygen atoms in total. The molecule has 0 heteroatoms. The fraction of sp³-hybridized carbons (Fsp3) is 0.294. The van der Waals surface area contributed by atoms with Gasteiger partial charge in [-0.05, 0) is 52.6 Å². The normalized spacial score (nSPS) is 12.4. The van der Waals surface area contributed by atoms with Crippen molar-refractivity contribution in [1.82, 2.24) is 0 Å². The first-order chi connectivity index (χ1) is 8.33. The Balaban J connectivity index is 2.16. The van der Waals surface area contributed by atoms with Crippen LogP contribution in [0.4, 0.5) is 0 Å². The Labute approximate surface area is 103 Å². The van der Waals surface area contributed by atoms with Crippen LogP contribution < -0.4 is 0 Å². The molecule has 0 radical (unpaired) electrons. The van der Waals surface area contributed by atoms with Gasteiger partial charge in [0.1, 0.15) is 0 Å². The molecular weight excluding hydrogens is 204 g/mol. The third-order valence-corrected chi connectivity index (χ3v) is 3.89. The predicted octanol–water partition coefficient (Wildman–Crippen LogP) is 4.38. The van der Waals surface area contributed by atoms with Gasteiger partial charge in [0.25, 0.3) is 0 Å². The Morgan fingerprint density at radius 1 is 0.941 bits per heavy atom. The maximum Gasteiger partial charge on any atom is -0.00106 e. The second-order valence-corrected chi connectivity index (χ2v) is 4.82. The summed E-state index contributed by atoms with van der Waals surface area (Å²) in [5.74, 6) is 0. The van der Waals surface area contributed by atoms with Crippen LogP contribution in [-0.4, -0.2) is 0 Å². The zero-order valence-electron chi connectivity index (χ0n) is 10.6. The first kappa shape index (κ1) is 10.6. The third-order valence-electron chi connectivity index (χ3n) is 3.89. The molecule has 0 heterocycles. The summed E-state index contributed by atoms with van der Waals surface area (Å²) in [5.41, 5.74) is 8.94. The molecule has 0 atom stereocenters. The molecule has 86 valence electrons. The SMILES string of the molecule is CCc1ccc2c(c1)Cc1c(CC)cccc1-2. The maximum absolute atomic E-state index is 2.38. The second kappa shape index (κ2) is 4.03. The molecule has 0 fully saturated rings. The topological polar surface area (TPSA) is 0 Å². The average Bonchev–Trinajstić information content (AvgIpc) is 2.75. The quantitative estimate of drug-likeness (QED) is 0.603. The Morgan fingerprint density at radius 3 is 2.59 bits per heavy atom. The van der Waals surface area contributed by atoms with Crippen LogP contribution >= 0.6 is 0 Å². The van der Waals surface area contributed by atoms with Gasteiger partial charge in [0.05, 0.1) is 0 Å². The minimum absolute atomic E-state index is 1.13. The van der Waals surface area contributed by atoms with E-state index in [0.29, 0.717) is 0 Å². The first-order valence-electron chi connectivity index (χ1n) is 6.56. The Bertz CT molecular complexity index is 564. The van der Waals surface area contributed by atoms with Crippen molar-refractivity contribution in [2.45, 2.75) is 33.1 Å². The fourth-order valence-corrected chi connectivity index (χ4v) is 2.89. The van der Waals surface area contributed by atoms with Gasteiger partial charge >= 0.3 is 0 Å². The van der Waals surface area contributed by atoms with Crippen molar-refractivity contribution >= 4 is 0 Å². The minimum atomic E-state index is 1.13. The number of aryl methyl sites for hydroxylation is 2. The molecule has 0 N–H and O–H groups in total. The number of benzene rings is 2. The second-order valence-electron chi connectivity index (χ2n) is 4.82. The summed E-state index contributed by atoms with van der Waals surface area (Å²) in [6.45, 7) is 4.47. The number of hydrogen-bond acceptors (Lipinski definition) is 0. The molecule has 1 aliphatic carbocycles. The Morgan fingerprint density at radius 2 is 1.82 bits per heavy atom. The summed E-state index contributed by atoms with van der Waals surface area (Å²) in [4.78, 5) is 0. The lowest BCUT2D eigenvalue weighted by atomic mass is 10.00. The molecule has 0 amide bonds. The van der Waals surface area contributed by atoms with Gasteiger partial charge in [0.2, 0.25) is 0 Å². The van der Waals surface area contributed by atoms with Crippen molar-refractivity contribution in [3.05, 3.63) is 58.7 Å². The van der Waals surface area contributed by atoms with Crippen LogP contribution in [-0.2, 0) is 19.3 Å². The van der Waals surface area contributed by atoms with Gasteiger partial charge in [-0.2, -0.15) is 0 Å². The Hall–Kier alpha value is -1.56. The van der Waals surface area contributed by atoms with Gasteiger partial charge in [0, 0.05) is 0 Å². The van der Waals surface area contributed by atoms with Crippen molar-refractivity contribution < 1.29 is 0 Å². The van der Waals surface area contributed by atoms with Crippen LogP contribution in [0.3, 0.4) is 0 Å². The van der Waals surface area contributed by atoms with E-state index in [0.717, 1.165) is 19.3 Å². The molecule has 0 bridgehead atoms. The molecule has 0 spiro atoms. The summed E-state index contributed by atoms with van der Waals surface area (Å²) in [5, 5.41) is 0.